The number of anilines is 2. The minimum Gasteiger partial charge on any atom is -0.459 e. The number of halogens is 2. The first-order valence-corrected chi connectivity index (χ1v) is 8.17. The molecule has 1 aliphatic rings. The highest BCUT2D eigenvalue weighted by atomic mass is 35.5. The van der Waals surface area contributed by atoms with Crippen LogP contribution >= 0.6 is 24.0 Å². The van der Waals surface area contributed by atoms with E-state index in [1.54, 1.807) is 30.3 Å². The third-order valence-electron chi connectivity index (χ3n) is 3.90. The number of nitrogens with one attached hydrogen (secondary N) is 3. The first-order chi connectivity index (χ1) is 11.6. The van der Waals surface area contributed by atoms with Crippen LogP contribution in [0.15, 0.2) is 41.0 Å². The number of hydrogen-bond acceptors (Lipinski definition) is 4. The highest BCUT2D eigenvalue weighted by Gasteiger charge is 2.22. The molecule has 2 heterocycles. The van der Waals surface area contributed by atoms with E-state index >= 15 is 0 Å². The van der Waals surface area contributed by atoms with Crippen LogP contribution in [0.4, 0.5) is 11.4 Å². The zero-order chi connectivity index (χ0) is 16.9. The first-order valence-electron chi connectivity index (χ1n) is 7.79. The van der Waals surface area contributed by atoms with E-state index in [-0.39, 0.29) is 30.0 Å². The van der Waals surface area contributed by atoms with E-state index < -0.39 is 5.91 Å². The topological polar surface area (TPSA) is 83.4 Å². The Balaban J connectivity index is 0.00000225. The average molecular weight is 384 g/mol. The van der Waals surface area contributed by atoms with Crippen LogP contribution < -0.4 is 16.0 Å². The van der Waals surface area contributed by atoms with Gasteiger partial charge in [0, 0.05) is 11.6 Å². The van der Waals surface area contributed by atoms with Crippen LogP contribution in [0.5, 0.6) is 0 Å². The number of piperidine rings is 1. The third kappa shape index (κ3) is 4.98. The molecule has 1 atom stereocenters. The van der Waals surface area contributed by atoms with Crippen molar-refractivity contribution >= 4 is 47.2 Å². The molecule has 0 bridgehead atoms. The third-order valence-corrected chi connectivity index (χ3v) is 4.14. The predicted molar refractivity (Wildman–Crippen MR) is 99.6 cm³/mol. The zero-order valence-corrected chi connectivity index (χ0v) is 15.0. The normalized spacial score (nSPS) is 16.6. The fourth-order valence-electron chi connectivity index (χ4n) is 2.63. The Hall–Kier alpha value is -2.02. The van der Waals surface area contributed by atoms with E-state index in [1.165, 1.54) is 6.26 Å². The highest BCUT2D eigenvalue weighted by molar-refractivity contribution is 6.31. The lowest BCUT2D eigenvalue weighted by atomic mass is 9.99. The standard InChI is InChI=1S/C17H18ClN3O3.ClH/c18-12-5-6-13(20-16(22)11-3-1-7-19-10-11)14(9-12)21-17(23)15-4-2-8-24-15;/h2,4-6,8-9,11,19H,1,3,7,10H2,(H,20,22)(H,21,23);1H. The van der Waals surface area contributed by atoms with Crippen LogP contribution in [-0.2, 0) is 4.79 Å². The smallest absolute Gasteiger partial charge is 0.291 e. The Labute approximate surface area is 156 Å². The molecular weight excluding hydrogens is 365 g/mol. The van der Waals surface area contributed by atoms with Crippen LogP contribution in [0.25, 0.3) is 0 Å². The van der Waals surface area contributed by atoms with Gasteiger partial charge < -0.3 is 20.4 Å². The number of rotatable bonds is 4. The average Bonchev–Trinajstić information content (AvgIpc) is 3.13. The van der Waals surface area contributed by atoms with Crippen molar-refractivity contribution in [2.45, 2.75) is 12.8 Å². The summed E-state index contributed by atoms with van der Waals surface area (Å²) in [6.07, 6.45) is 3.24. The van der Waals surface area contributed by atoms with Crippen molar-refractivity contribution in [2.75, 3.05) is 23.7 Å². The van der Waals surface area contributed by atoms with E-state index in [4.69, 9.17) is 16.0 Å². The maximum Gasteiger partial charge on any atom is 0.291 e. The highest BCUT2D eigenvalue weighted by Crippen LogP contribution is 2.27. The second-order valence-electron chi connectivity index (χ2n) is 5.65. The van der Waals surface area contributed by atoms with Gasteiger partial charge >= 0.3 is 0 Å². The molecule has 1 unspecified atom stereocenters. The van der Waals surface area contributed by atoms with Gasteiger partial charge in [0.15, 0.2) is 5.76 Å². The molecule has 25 heavy (non-hydrogen) atoms. The Morgan fingerprint density at radius 3 is 2.72 bits per heavy atom. The van der Waals surface area contributed by atoms with Crippen molar-refractivity contribution in [3.63, 3.8) is 0 Å². The van der Waals surface area contributed by atoms with Gasteiger partial charge in [0.1, 0.15) is 0 Å². The minimum atomic E-state index is -0.405. The largest absolute Gasteiger partial charge is 0.459 e. The van der Waals surface area contributed by atoms with E-state index in [1.807, 2.05) is 0 Å². The van der Waals surface area contributed by atoms with Gasteiger partial charge in [-0.05, 0) is 49.7 Å². The number of amides is 2. The van der Waals surface area contributed by atoms with E-state index in [2.05, 4.69) is 16.0 Å². The molecule has 0 radical (unpaired) electrons. The zero-order valence-electron chi connectivity index (χ0n) is 13.4. The van der Waals surface area contributed by atoms with Crippen LogP contribution in [0.3, 0.4) is 0 Å². The van der Waals surface area contributed by atoms with Crippen LogP contribution in [-0.4, -0.2) is 24.9 Å². The van der Waals surface area contributed by atoms with Gasteiger partial charge in [-0.25, -0.2) is 0 Å². The van der Waals surface area contributed by atoms with E-state index in [9.17, 15) is 9.59 Å². The molecule has 1 aromatic heterocycles. The summed E-state index contributed by atoms with van der Waals surface area (Å²) in [4.78, 5) is 24.6. The number of carbonyl (C=O) groups is 2. The molecule has 0 aliphatic carbocycles. The summed E-state index contributed by atoms with van der Waals surface area (Å²) in [5.41, 5.74) is 0.941. The molecule has 134 valence electrons. The molecule has 0 spiro atoms. The predicted octanol–water partition coefficient (Wildman–Crippen LogP) is 3.55. The molecule has 3 rings (SSSR count). The molecule has 1 aromatic carbocycles. The Kier molecular flexibility index (Phi) is 6.87. The molecule has 1 saturated heterocycles. The van der Waals surface area contributed by atoms with Gasteiger partial charge in [-0.2, -0.15) is 0 Å². The molecule has 0 saturated carbocycles. The Morgan fingerprint density at radius 2 is 2.04 bits per heavy atom. The summed E-state index contributed by atoms with van der Waals surface area (Å²) in [5.74, 6) is -0.373. The maximum atomic E-state index is 12.4. The molecule has 2 aromatic rings. The molecule has 1 aliphatic heterocycles. The summed E-state index contributed by atoms with van der Waals surface area (Å²) in [5, 5.41) is 9.26. The first kappa shape index (κ1) is 19.3. The van der Waals surface area contributed by atoms with Gasteiger partial charge in [0.2, 0.25) is 5.91 Å². The van der Waals surface area contributed by atoms with Gasteiger partial charge in [-0.3, -0.25) is 9.59 Å². The number of benzene rings is 1. The second kappa shape index (κ2) is 8.89. The lowest BCUT2D eigenvalue weighted by molar-refractivity contribution is -0.120. The van der Waals surface area contributed by atoms with Crippen molar-refractivity contribution in [3.05, 3.63) is 47.4 Å². The van der Waals surface area contributed by atoms with Gasteiger partial charge in [-0.15, -0.1) is 12.4 Å². The lowest BCUT2D eigenvalue weighted by Gasteiger charge is -2.22. The Bertz CT molecular complexity index is 729. The summed E-state index contributed by atoms with van der Waals surface area (Å²) < 4.78 is 5.07. The van der Waals surface area contributed by atoms with Crippen molar-refractivity contribution in [1.82, 2.24) is 5.32 Å². The van der Waals surface area contributed by atoms with Gasteiger partial charge in [0.25, 0.3) is 5.91 Å². The van der Waals surface area contributed by atoms with Crippen LogP contribution in [0.2, 0.25) is 5.02 Å². The lowest BCUT2D eigenvalue weighted by Crippen LogP contribution is -2.37. The van der Waals surface area contributed by atoms with Crippen molar-refractivity contribution in [1.29, 1.82) is 0 Å². The number of carbonyl (C=O) groups excluding carboxylic acids is 2. The van der Waals surface area contributed by atoms with Crippen LogP contribution in [0.1, 0.15) is 23.4 Å². The van der Waals surface area contributed by atoms with Crippen molar-refractivity contribution in [2.24, 2.45) is 5.92 Å². The van der Waals surface area contributed by atoms with Crippen molar-refractivity contribution in [3.8, 4) is 0 Å². The van der Waals surface area contributed by atoms with Gasteiger partial charge in [0.05, 0.1) is 23.6 Å². The summed E-state index contributed by atoms with van der Waals surface area (Å²) in [6.45, 7) is 1.60. The summed E-state index contributed by atoms with van der Waals surface area (Å²) in [7, 11) is 0. The quantitative estimate of drug-likeness (QED) is 0.753. The maximum absolute atomic E-state index is 12.4. The number of hydrogen-bond donors (Lipinski definition) is 3. The fraction of sp³-hybridized carbons (Fsp3) is 0.294. The molecule has 3 N–H and O–H groups in total. The van der Waals surface area contributed by atoms with E-state index in [0.717, 1.165) is 19.4 Å². The second-order valence-corrected chi connectivity index (χ2v) is 6.09. The molecular formula is C17H19Cl2N3O3. The van der Waals surface area contributed by atoms with Crippen LogP contribution in [0, 0.1) is 5.92 Å². The minimum absolute atomic E-state index is 0. The molecule has 1 fully saturated rings. The SMILES string of the molecule is Cl.O=C(Nc1cc(Cl)ccc1NC(=O)C1CCCNC1)c1ccco1. The molecule has 2 amide bonds. The fourth-order valence-corrected chi connectivity index (χ4v) is 2.80. The summed E-state index contributed by atoms with van der Waals surface area (Å²) in [6, 6.07) is 8.13. The monoisotopic (exact) mass is 383 g/mol. The summed E-state index contributed by atoms with van der Waals surface area (Å²) >= 11 is 6.01. The Morgan fingerprint density at radius 1 is 1.20 bits per heavy atom. The molecule has 8 heteroatoms. The molecule has 6 nitrogen and oxygen atoms in total. The van der Waals surface area contributed by atoms with Gasteiger partial charge in [-0.1, -0.05) is 11.6 Å². The van der Waals surface area contributed by atoms with E-state index in [0.29, 0.717) is 22.9 Å². The number of furan rings is 1. The van der Waals surface area contributed by atoms with Crippen molar-refractivity contribution < 1.29 is 14.0 Å².